The summed E-state index contributed by atoms with van der Waals surface area (Å²) in [4.78, 5) is 12.8. The molecule has 0 heterocycles. The van der Waals surface area contributed by atoms with Crippen LogP contribution in [0, 0.1) is 0 Å². The molecule has 1 unspecified atom stereocenters. The smallest absolute Gasteiger partial charge is 0.207 e. The molecule has 0 fully saturated rings. The number of methoxy groups -OCH3 is 2. The van der Waals surface area contributed by atoms with Crippen LogP contribution >= 0.6 is 0 Å². The molecule has 0 saturated heterocycles. The van der Waals surface area contributed by atoms with E-state index < -0.39 is 6.10 Å². The van der Waals surface area contributed by atoms with Gasteiger partial charge in [0.05, 0.1) is 20.0 Å². The van der Waals surface area contributed by atoms with Crippen LogP contribution in [0.4, 0.5) is 0 Å². The third kappa shape index (κ3) is 4.13. The number of rotatable bonds is 7. The molecule has 2 aromatic rings. The lowest BCUT2D eigenvalue weighted by atomic mass is 9.99. The molecule has 0 aliphatic rings. The van der Waals surface area contributed by atoms with E-state index in [4.69, 9.17) is 14.2 Å². The minimum absolute atomic E-state index is 0.149. The van der Waals surface area contributed by atoms with Crippen molar-refractivity contribution in [3.63, 3.8) is 0 Å². The fraction of sp³-hybridized carbons (Fsp3) is 0.211. The van der Waals surface area contributed by atoms with E-state index in [0.29, 0.717) is 28.4 Å². The summed E-state index contributed by atoms with van der Waals surface area (Å²) in [6, 6.07) is 14.3. The van der Waals surface area contributed by atoms with Gasteiger partial charge in [0, 0.05) is 17.2 Å². The number of Topliss-reactive ketones (excluding diaryl/α,β-unsaturated/α-hetero) is 1. The lowest BCUT2D eigenvalue weighted by molar-refractivity contribution is 0.0647. The highest BCUT2D eigenvalue weighted by molar-refractivity contribution is 6.00. The van der Waals surface area contributed by atoms with Crippen LogP contribution < -0.4 is 9.47 Å². The average Bonchev–Trinajstić information content (AvgIpc) is 2.59. The number of allylic oxidation sites excluding steroid dienone is 1. The lowest BCUT2D eigenvalue weighted by Gasteiger charge is -2.20. The normalized spacial score (nSPS) is 11.4. The zero-order chi connectivity index (χ0) is 16.8. The minimum Gasteiger partial charge on any atom is -0.497 e. The maximum absolute atomic E-state index is 12.8. The van der Waals surface area contributed by atoms with E-state index in [1.165, 1.54) is 0 Å². The zero-order valence-corrected chi connectivity index (χ0v) is 13.5. The molecule has 1 atom stereocenters. The highest BCUT2D eigenvalue weighted by Gasteiger charge is 2.25. The van der Waals surface area contributed by atoms with Gasteiger partial charge in [-0.2, -0.15) is 0 Å². The summed E-state index contributed by atoms with van der Waals surface area (Å²) in [5, 5.41) is 0. The van der Waals surface area contributed by atoms with Gasteiger partial charge in [0.1, 0.15) is 11.5 Å². The largest absolute Gasteiger partial charge is 0.497 e. The van der Waals surface area contributed by atoms with Crippen LogP contribution in [0.3, 0.4) is 0 Å². The van der Waals surface area contributed by atoms with Crippen LogP contribution in [0.5, 0.6) is 11.5 Å². The fourth-order valence-corrected chi connectivity index (χ4v) is 2.21. The highest BCUT2D eigenvalue weighted by atomic mass is 16.5. The standard InChI is InChI=1S/C19H20O4/c1-13(2)23-19(18(20)14-8-6-5-7-9-14)15-10-16(21-3)12-17(11-15)22-4/h5-12,19H,1H2,2-4H3. The van der Waals surface area contributed by atoms with Crippen molar-refractivity contribution in [3.05, 3.63) is 72.0 Å². The first-order chi connectivity index (χ1) is 11.0. The van der Waals surface area contributed by atoms with E-state index >= 15 is 0 Å². The Labute approximate surface area is 136 Å². The third-order valence-corrected chi connectivity index (χ3v) is 3.29. The molecule has 0 radical (unpaired) electrons. The van der Waals surface area contributed by atoms with Gasteiger partial charge in [-0.3, -0.25) is 4.79 Å². The van der Waals surface area contributed by atoms with Crippen LogP contribution in [-0.2, 0) is 4.74 Å². The Balaban J connectivity index is 2.46. The van der Waals surface area contributed by atoms with Crippen molar-refractivity contribution in [2.45, 2.75) is 13.0 Å². The average molecular weight is 312 g/mol. The van der Waals surface area contributed by atoms with Gasteiger partial charge in [-0.1, -0.05) is 36.9 Å². The summed E-state index contributed by atoms with van der Waals surface area (Å²) in [6.07, 6.45) is -0.807. The molecule has 0 saturated carbocycles. The maximum Gasteiger partial charge on any atom is 0.207 e. The SMILES string of the molecule is C=C(C)OC(C(=O)c1ccccc1)c1cc(OC)cc(OC)c1. The first-order valence-electron chi connectivity index (χ1n) is 7.19. The number of carbonyl (C=O) groups excluding carboxylic acids is 1. The van der Waals surface area contributed by atoms with Crippen molar-refractivity contribution in [2.75, 3.05) is 14.2 Å². The van der Waals surface area contributed by atoms with Gasteiger partial charge in [0.15, 0.2) is 6.10 Å². The van der Waals surface area contributed by atoms with Crippen LogP contribution in [0.25, 0.3) is 0 Å². The molecule has 120 valence electrons. The van der Waals surface area contributed by atoms with Crippen molar-refractivity contribution >= 4 is 5.78 Å². The summed E-state index contributed by atoms with van der Waals surface area (Å²) in [5.74, 6) is 1.50. The molecule has 0 N–H and O–H groups in total. The quantitative estimate of drug-likeness (QED) is 0.568. The summed E-state index contributed by atoms with van der Waals surface area (Å²) < 4.78 is 16.2. The van der Waals surface area contributed by atoms with E-state index in [0.717, 1.165) is 0 Å². The summed E-state index contributed by atoms with van der Waals surface area (Å²) in [7, 11) is 3.12. The summed E-state index contributed by atoms with van der Waals surface area (Å²) in [5.41, 5.74) is 1.22. The number of hydrogen-bond donors (Lipinski definition) is 0. The number of hydrogen-bond acceptors (Lipinski definition) is 4. The van der Waals surface area contributed by atoms with Crippen molar-refractivity contribution in [1.82, 2.24) is 0 Å². The molecule has 2 aromatic carbocycles. The van der Waals surface area contributed by atoms with Gasteiger partial charge < -0.3 is 14.2 Å². The Morgan fingerprint density at radius 2 is 1.57 bits per heavy atom. The van der Waals surface area contributed by atoms with E-state index in [1.807, 2.05) is 18.2 Å². The second-order valence-electron chi connectivity index (χ2n) is 5.08. The minimum atomic E-state index is -0.807. The molecule has 4 nitrogen and oxygen atoms in total. The molecule has 2 rings (SSSR count). The molecule has 0 aromatic heterocycles. The van der Waals surface area contributed by atoms with Crippen LogP contribution in [-0.4, -0.2) is 20.0 Å². The van der Waals surface area contributed by atoms with E-state index in [9.17, 15) is 4.79 Å². The predicted octanol–water partition coefficient (Wildman–Crippen LogP) is 4.18. The van der Waals surface area contributed by atoms with E-state index in [1.54, 1.807) is 51.5 Å². The van der Waals surface area contributed by atoms with Crippen molar-refractivity contribution in [1.29, 1.82) is 0 Å². The molecule has 0 amide bonds. The Bertz CT molecular complexity index is 670. The topological polar surface area (TPSA) is 44.8 Å². The van der Waals surface area contributed by atoms with Gasteiger partial charge in [0.2, 0.25) is 5.78 Å². The predicted molar refractivity (Wildman–Crippen MR) is 89.0 cm³/mol. The van der Waals surface area contributed by atoms with Gasteiger partial charge in [-0.25, -0.2) is 0 Å². The summed E-state index contributed by atoms with van der Waals surface area (Å²) >= 11 is 0. The Morgan fingerprint density at radius 1 is 1.00 bits per heavy atom. The van der Waals surface area contributed by atoms with Crippen LogP contribution in [0.15, 0.2) is 60.9 Å². The van der Waals surface area contributed by atoms with Gasteiger partial charge in [-0.05, 0) is 19.1 Å². The number of ketones is 1. The molecule has 0 aliphatic heterocycles. The monoisotopic (exact) mass is 312 g/mol. The fourth-order valence-electron chi connectivity index (χ4n) is 2.21. The van der Waals surface area contributed by atoms with Crippen LogP contribution in [0.2, 0.25) is 0 Å². The Hall–Kier alpha value is -2.75. The summed E-state index contributed by atoms with van der Waals surface area (Å²) in [6.45, 7) is 5.46. The lowest BCUT2D eigenvalue weighted by Crippen LogP contribution is -2.16. The van der Waals surface area contributed by atoms with Gasteiger partial charge in [-0.15, -0.1) is 0 Å². The van der Waals surface area contributed by atoms with Gasteiger partial charge >= 0.3 is 0 Å². The van der Waals surface area contributed by atoms with Crippen molar-refractivity contribution < 1.29 is 19.0 Å². The van der Waals surface area contributed by atoms with E-state index in [2.05, 4.69) is 6.58 Å². The van der Waals surface area contributed by atoms with Crippen molar-refractivity contribution in [2.24, 2.45) is 0 Å². The first-order valence-corrected chi connectivity index (χ1v) is 7.19. The Morgan fingerprint density at radius 3 is 2.04 bits per heavy atom. The van der Waals surface area contributed by atoms with E-state index in [-0.39, 0.29) is 5.78 Å². The number of benzene rings is 2. The zero-order valence-electron chi connectivity index (χ0n) is 13.5. The Kier molecular flexibility index (Phi) is 5.41. The number of ether oxygens (including phenoxy) is 3. The molecular formula is C19H20O4. The third-order valence-electron chi connectivity index (χ3n) is 3.29. The molecular weight excluding hydrogens is 292 g/mol. The molecule has 0 aliphatic carbocycles. The molecule has 4 heteroatoms. The maximum atomic E-state index is 12.8. The van der Waals surface area contributed by atoms with Crippen molar-refractivity contribution in [3.8, 4) is 11.5 Å². The highest BCUT2D eigenvalue weighted by Crippen LogP contribution is 2.31. The second kappa shape index (κ2) is 7.49. The second-order valence-corrected chi connectivity index (χ2v) is 5.08. The van der Waals surface area contributed by atoms with Gasteiger partial charge in [0.25, 0.3) is 0 Å². The number of carbonyl (C=O) groups is 1. The molecule has 23 heavy (non-hydrogen) atoms. The van der Waals surface area contributed by atoms with Crippen LogP contribution in [0.1, 0.15) is 28.9 Å². The molecule has 0 bridgehead atoms. The first kappa shape index (κ1) is 16.6. The molecule has 0 spiro atoms.